The summed E-state index contributed by atoms with van der Waals surface area (Å²) in [6.45, 7) is 6.85. The van der Waals surface area contributed by atoms with Crippen molar-refractivity contribution < 1.29 is 9.84 Å². The number of likely N-dealkylation sites (N-methyl/N-ethyl adjacent to an activating group) is 1. The quantitative estimate of drug-likeness (QED) is 0.839. The Balaban J connectivity index is 2.78. The summed E-state index contributed by atoms with van der Waals surface area (Å²) in [6.07, 6.45) is 0.835. The fourth-order valence-electron chi connectivity index (χ4n) is 1.35. The van der Waals surface area contributed by atoms with E-state index in [1.165, 1.54) is 0 Å². The van der Waals surface area contributed by atoms with Gasteiger partial charge in [0.2, 0.25) is 5.88 Å². The highest BCUT2D eigenvalue weighted by Gasteiger charge is 2.21. The lowest BCUT2D eigenvalue weighted by Gasteiger charge is -2.32. The highest BCUT2D eigenvalue weighted by Crippen LogP contribution is 2.17. The van der Waals surface area contributed by atoms with Crippen molar-refractivity contribution in [2.75, 3.05) is 20.7 Å². The second-order valence-electron chi connectivity index (χ2n) is 5.31. The van der Waals surface area contributed by atoms with Gasteiger partial charge in [-0.15, -0.1) is 0 Å². The minimum Gasteiger partial charge on any atom is -0.476 e. The van der Waals surface area contributed by atoms with Gasteiger partial charge in [-0.3, -0.25) is 0 Å². The number of aliphatic hydroxyl groups is 1. The van der Waals surface area contributed by atoms with Crippen LogP contribution in [0.1, 0.15) is 32.0 Å². The Labute approximate surface area is 110 Å². The number of nitrogens with zero attached hydrogens (tertiary/aromatic N) is 2. The summed E-state index contributed by atoms with van der Waals surface area (Å²) in [4.78, 5) is 6.53. The molecule has 0 atom stereocenters. The van der Waals surface area contributed by atoms with E-state index in [9.17, 15) is 5.11 Å². The molecule has 4 heteroatoms. The van der Waals surface area contributed by atoms with Crippen molar-refractivity contribution in [2.24, 2.45) is 0 Å². The normalized spacial score (nSPS) is 11.9. The summed E-state index contributed by atoms with van der Waals surface area (Å²) in [6, 6.07) is 3.70. The van der Waals surface area contributed by atoms with Crippen LogP contribution in [0.4, 0.5) is 0 Å². The molecule has 1 N–H and O–H groups in total. The van der Waals surface area contributed by atoms with Crippen LogP contribution in [0.25, 0.3) is 0 Å². The number of aliphatic hydroxyl groups excluding tert-OH is 1. The van der Waals surface area contributed by atoms with Crippen LogP contribution in [0.2, 0.25) is 0 Å². The average molecular weight is 252 g/mol. The summed E-state index contributed by atoms with van der Waals surface area (Å²) in [5.41, 5.74) is 1.74. The molecule has 0 amide bonds. The van der Waals surface area contributed by atoms with E-state index in [4.69, 9.17) is 4.74 Å². The summed E-state index contributed by atoms with van der Waals surface area (Å²) in [5, 5.41) is 9.21. The van der Waals surface area contributed by atoms with Gasteiger partial charge < -0.3 is 14.7 Å². The fourth-order valence-corrected chi connectivity index (χ4v) is 1.35. The molecule has 0 aromatic carbocycles. The number of rotatable bonds is 6. The highest BCUT2D eigenvalue weighted by atomic mass is 16.5. The minimum atomic E-state index is -0.0523. The first-order valence-electron chi connectivity index (χ1n) is 6.30. The van der Waals surface area contributed by atoms with E-state index in [1.54, 1.807) is 6.07 Å². The first-order chi connectivity index (χ1) is 8.39. The molecule has 0 spiro atoms. The molecule has 0 aliphatic carbocycles. The number of aryl methyl sites for hydroxylation is 1. The molecule has 0 unspecified atom stereocenters. The zero-order chi connectivity index (χ0) is 13.8. The topological polar surface area (TPSA) is 45.6 Å². The van der Waals surface area contributed by atoms with Crippen molar-refractivity contribution in [3.05, 3.63) is 23.4 Å². The zero-order valence-electron chi connectivity index (χ0n) is 12.0. The number of ether oxygens (including phenoxy) is 1. The molecule has 102 valence electrons. The van der Waals surface area contributed by atoms with Crippen LogP contribution in [0.5, 0.6) is 5.88 Å². The van der Waals surface area contributed by atoms with Gasteiger partial charge in [0.15, 0.2) is 0 Å². The van der Waals surface area contributed by atoms with Gasteiger partial charge in [0.25, 0.3) is 0 Å². The fraction of sp³-hybridized carbons (Fsp3) is 0.643. The summed E-state index contributed by atoms with van der Waals surface area (Å²) >= 11 is 0. The largest absolute Gasteiger partial charge is 0.476 e. The molecule has 1 aromatic heterocycles. The Morgan fingerprint density at radius 3 is 2.50 bits per heavy atom. The Morgan fingerprint density at radius 1 is 1.33 bits per heavy atom. The predicted molar refractivity (Wildman–Crippen MR) is 72.8 cm³/mol. The van der Waals surface area contributed by atoms with E-state index in [0.717, 1.165) is 17.7 Å². The van der Waals surface area contributed by atoms with Crippen molar-refractivity contribution in [3.63, 3.8) is 0 Å². The molecule has 18 heavy (non-hydrogen) atoms. The van der Waals surface area contributed by atoms with Crippen LogP contribution in [-0.4, -0.2) is 41.2 Å². The number of hydrogen-bond acceptors (Lipinski definition) is 4. The molecule has 0 bridgehead atoms. The molecule has 0 saturated heterocycles. The summed E-state index contributed by atoms with van der Waals surface area (Å²) in [5.74, 6) is 0.591. The lowest BCUT2D eigenvalue weighted by Crippen LogP contribution is -2.43. The monoisotopic (exact) mass is 252 g/mol. The Bertz CT molecular complexity index is 367. The van der Waals surface area contributed by atoms with Gasteiger partial charge in [-0.05, 0) is 46.0 Å². The van der Waals surface area contributed by atoms with Crippen molar-refractivity contribution >= 4 is 0 Å². The van der Waals surface area contributed by atoms with E-state index >= 15 is 0 Å². The molecule has 0 fully saturated rings. The van der Waals surface area contributed by atoms with Gasteiger partial charge in [0.05, 0.1) is 6.61 Å². The third-order valence-electron chi connectivity index (χ3n) is 3.24. The molecular weight excluding hydrogens is 228 g/mol. The zero-order valence-corrected chi connectivity index (χ0v) is 12.0. The van der Waals surface area contributed by atoms with E-state index in [2.05, 4.69) is 23.7 Å². The number of pyridine rings is 1. The first-order valence-corrected chi connectivity index (χ1v) is 6.30. The van der Waals surface area contributed by atoms with Crippen LogP contribution < -0.4 is 4.74 Å². The second-order valence-corrected chi connectivity index (χ2v) is 5.31. The summed E-state index contributed by atoms with van der Waals surface area (Å²) in [7, 11) is 4.05. The Hall–Kier alpha value is -1.13. The van der Waals surface area contributed by atoms with Crippen molar-refractivity contribution in [1.29, 1.82) is 0 Å². The molecule has 0 aliphatic rings. The molecular formula is C14H24N2O2. The second kappa shape index (κ2) is 6.16. The van der Waals surface area contributed by atoms with E-state index < -0.39 is 0 Å². The Morgan fingerprint density at radius 2 is 2.00 bits per heavy atom. The van der Waals surface area contributed by atoms with Gasteiger partial charge in [-0.25, -0.2) is 4.98 Å². The molecule has 0 aliphatic heterocycles. The maximum absolute atomic E-state index is 9.21. The lowest BCUT2D eigenvalue weighted by atomic mass is 10.1. The minimum absolute atomic E-state index is 0.0168. The molecule has 1 heterocycles. The van der Waals surface area contributed by atoms with Crippen molar-refractivity contribution in [1.82, 2.24) is 9.88 Å². The van der Waals surface area contributed by atoms with Gasteiger partial charge in [-0.2, -0.15) is 0 Å². The maximum Gasteiger partial charge on any atom is 0.213 e. The van der Waals surface area contributed by atoms with Crippen molar-refractivity contribution in [3.8, 4) is 5.88 Å². The lowest BCUT2D eigenvalue weighted by molar-refractivity contribution is 0.111. The summed E-state index contributed by atoms with van der Waals surface area (Å²) < 4.78 is 5.75. The van der Waals surface area contributed by atoms with Crippen molar-refractivity contribution in [2.45, 2.75) is 39.3 Å². The maximum atomic E-state index is 9.21. The molecule has 0 saturated carbocycles. The van der Waals surface area contributed by atoms with Crippen LogP contribution in [0.3, 0.4) is 0 Å². The Kier molecular flexibility index (Phi) is 5.11. The van der Waals surface area contributed by atoms with E-state index in [-0.39, 0.29) is 12.1 Å². The molecule has 1 rings (SSSR count). The van der Waals surface area contributed by atoms with Crippen LogP contribution in [-0.2, 0) is 13.0 Å². The third-order valence-corrected chi connectivity index (χ3v) is 3.24. The van der Waals surface area contributed by atoms with Gasteiger partial charge in [-0.1, -0.05) is 6.92 Å². The highest BCUT2D eigenvalue weighted by molar-refractivity contribution is 5.24. The third kappa shape index (κ3) is 3.96. The van der Waals surface area contributed by atoms with Crippen LogP contribution >= 0.6 is 0 Å². The van der Waals surface area contributed by atoms with Gasteiger partial charge >= 0.3 is 0 Å². The number of aromatic nitrogens is 1. The van der Waals surface area contributed by atoms with Gasteiger partial charge in [0.1, 0.15) is 6.61 Å². The standard InChI is InChI=1S/C14H24N2O2/c1-6-12-7-11(9-17)8-13(15-12)18-10-14(2,3)16(4)5/h7-8,17H,6,9-10H2,1-5H3. The predicted octanol–water partition coefficient (Wildman–Crippen LogP) is 1.86. The number of hydrogen-bond donors (Lipinski definition) is 1. The smallest absolute Gasteiger partial charge is 0.213 e. The average Bonchev–Trinajstić information content (AvgIpc) is 2.35. The molecule has 1 aromatic rings. The SMILES string of the molecule is CCc1cc(CO)cc(OCC(C)(C)N(C)C)n1. The van der Waals surface area contributed by atoms with Crippen LogP contribution in [0, 0.1) is 0 Å². The first kappa shape index (κ1) is 14.9. The molecule has 0 radical (unpaired) electrons. The molecule has 4 nitrogen and oxygen atoms in total. The van der Waals surface area contributed by atoms with Crippen LogP contribution in [0.15, 0.2) is 12.1 Å². The van der Waals surface area contributed by atoms with Gasteiger partial charge in [0, 0.05) is 17.3 Å². The van der Waals surface area contributed by atoms with E-state index in [0.29, 0.717) is 12.5 Å². The van der Waals surface area contributed by atoms with E-state index in [1.807, 2.05) is 27.1 Å².